The van der Waals surface area contributed by atoms with Gasteiger partial charge in [-0.3, -0.25) is 9.69 Å². The van der Waals surface area contributed by atoms with Crippen molar-refractivity contribution in [3.05, 3.63) is 36.2 Å². The van der Waals surface area contributed by atoms with Crippen LogP contribution >= 0.6 is 11.8 Å². The minimum Gasteiger partial charge on any atom is -0.497 e. The van der Waals surface area contributed by atoms with E-state index in [1.807, 2.05) is 36.0 Å². The molecule has 1 aliphatic heterocycles. The van der Waals surface area contributed by atoms with Crippen molar-refractivity contribution in [2.45, 2.75) is 31.1 Å². The van der Waals surface area contributed by atoms with Crippen LogP contribution in [0.4, 0.5) is 0 Å². The van der Waals surface area contributed by atoms with Crippen molar-refractivity contribution >= 4 is 17.7 Å². The van der Waals surface area contributed by atoms with Gasteiger partial charge in [0, 0.05) is 69.4 Å². The predicted molar refractivity (Wildman–Crippen MR) is 110 cm³/mol. The third-order valence-corrected chi connectivity index (χ3v) is 5.66. The Balaban J connectivity index is 1.43. The topological polar surface area (TPSA) is 68.6 Å². The first-order chi connectivity index (χ1) is 13.5. The van der Waals surface area contributed by atoms with Crippen LogP contribution in [0, 0.1) is 0 Å². The number of aryl methyl sites for hydroxylation is 1. The summed E-state index contributed by atoms with van der Waals surface area (Å²) in [6.07, 6.45) is 4.23. The Morgan fingerprint density at radius 1 is 1.46 bits per heavy atom. The molecule has 1 aromatic carbocycles. The Hall–Kier alpha value is -2.19. The Labute approximate surface area is 170 Å². The zero-order valence-electron chi connectivity index (χ0n) is 16.7. The van der Waals surface area contributed by atoms with E-state index in [4.69, 9.17) is 9.47 Å². The van der Waals surface area contributed by atoms with Crippen LogP contribution in [-0.4, -0.2) is 59.0 Å². The molecule has 0 spiro atoms. The summed E-state index contributed by atoms with van der Waals surface area (Å²) in [6, 6.07) is 5.91. The SMILES string of the molecule is COc1ccc2c(c1)OC(C)CN(CCC(=O)NCCSc1nccn1C)C2. The number of methoxy groups -OCH3 is 1. The fourth-order valence-electron chi connectivity index (χ4n) is 3.17. The first-order valence-electron chi connectivity index (χ1n) is 9.48. The van der Waals surface area contributed by atoms with E-state index in [0.717, 1.165) is 41.1 Å². The first-order valence-corrected chi connectivity index (χ1v) is 10.5. The zero-order valence-corrected chi connectivity index (χ0v) is 17.5. The van der Waals surface area contributed by atoms with Crippen LogP contribution in [0.1, 0.15) is 18.9 Å². The monoisotopic (exact) mass is 404 g/mol. The lowest BCUT2D eigenvalue weighted by Gasteiger charge is -2.21. The van der Waals surface area contributed by atoms with Crippen LogP contribution in [-0.2, 0) is 18.4 Å². The van der Waals surface area contributed by atoms with E-state index in [-0.39, 0.29) is 12.0 Å². The second-order valence-electron chi connectivity index (χ2n) is 6.91. The summed E-state index contributed by atoms with van der Waals surface area (Å²) in [6.45, 7) is 4.96. The number of carbonyl (C=O) groups excluding carboxylic acids is 1. The van der Waals surface area contributed by atoms with Gasteiger partial charge in [-0.1, -0.05) is 17.8 Å². The molecule has 2 heterocycles. The van der Waals surface area contributed by atoms with Crippen LogP contribution in [0.3, 0.4) is 0 Å². The summed E-state index contributed by atoms with van der Waals surface area (Å²) < 4.78 is 13.3. The Kier molecular flexibility index (Phi) is 7.22. The van der Waals surface area contributed by atoms with E-state index in [1.165, 1.54) is 0 Å². The molecule has 3 rings (SSSR count). The van der Waals surface area contributed by atoms with Crippen LogP contribution in [0.15, 0.2) is 35.7 Å². The van der Waals surface area contributed by atoms with Crippen LogP contribution in [0.25, 0.3) is 0 Å². The van der Waals surface area contributed by atoms with Gasteiger partial charge in [-0.2, -0.15) is 0 Å². The molecule has 7 nitrogen and oxygen atoms in total. The molecule has 0 bridgehead atoms. The smallest absolute Gasteiger partial charge is 0.221 e. The molecule has 1 atom stereocenters. The van der Waals surface area contributed by atoms with Gasteiger partial charge >= 0.3 is 0 Å². The maximum atomic E-state index is 12.2. The van der Waals surface area contributed by atoms with Gasteiger partial charge in [0.05, 0.1) is 7.11 Å². The molecule has 0 fully saturated rings. The van der Waals surface area contributed by atoms with Gasteiger partial charge in [-0.05, 0) is 13.0 Å². The third-order valence-electron chi connectivity index (χ3n) is 4.60. The molecule has 8 heteroatoms. The zero-order chi connectivity index (χ0) is 19.9. The van der Waals surface area contributed by atoms with Crippen molar-refractivity contribution < 1.29 is 14.3 Å². The van der Waals surface area contributed by atoms with Gasteiger partial charge in [0.25, 0.3) is 0 Å². The number of amides is 1. The van der Waals surface area contributed by atoms with Crippen molar-refractivity contribution in [2.75, 3.05) is 32.5 Å². The molecule has 1 unspecified atom stereocenters. The number of hydrogen-bond donors (Lipinski definition) is 1. The second kappa shape index (κ2) is 9.84. The highest BCUT2D eigenvalue weighted by Gasteiger charge is 2.21. The summed E-state index contributed by atoms with van der Waals surface area (Å²) in [5, 5.41) is 3.96. The van der Waals surface area contributed by atoms with Crippen LogP contribution in [0.2, 0.25) is 0 Å². The number of imidazole rings is 1. The normalized spacial score (nSPS) is 16.8. The number of thioether (sulfide) groups is 1. The number of nitrogens with zero attached hydrogens (tertiary/aromatic N) is 3. The minimum atomic E-state index is 0.0607. The van der Waals surface area contributed by atoms with Gasteiger partial charge in [0.1, 0.15) is 17.6 Å². The Morgan fingerprint density at radius 3 is 3.07 bits per heavy atom. The minimum absolute atomic E-state index is 0.0607. The Morgan fingerprint density at radius 2 is 2.32 bits per heavy atom. The van der Waals surface area contributed by atoms with E-state index in [1.54, 1.807) is 25.1 Å². The highest BCUT2D eigenvalue weighted by Crippen LogP contribution is 2.29. The number of carbonyl (C=O) groups is 1. The van der Waals surface area contributed by atoms with Gasteiger partial charge in [-0.15, -0.1) is 0 Å². The van der Waals surface area contributed by atoms with Crippen molar-refractivity contribution in [2.24, 2.45) is 7.05 Å². The van der Waals surface area contributed by atoms with Crippen molar-refractivity contribution in [1.82, 2.24) is 19.8 Å². The van der Waals surface area contributed by atoms with Crippen molar-refractivity contribution in [1.29, 1.82) is 0 Å². The molecule has 152 valence electrons. The highest BCUT2D eigenvalue weighted by atomic mass is 32.2. The van der Waals surface area contributed by atoms with E-state index in [0.29, 0.717) is 19.5 Å². The molecule has 0 saturated carbocycles. The van der Waals surface area contributed by atoms with E-state index in [9.17, 15) is 4.79 Å². The number of hydrogen-bond acceptors (Lipinski definition) is 6. The maximum Gasteiger partial charge on any atom is 0.221 e. The number of nitrogens with one attached hydrogen (secondary N) is 1. The number of ether oxygens (including phenoxy) is 2. The average molecular weight is 405 g/mol. The fourth-order valence-corrected chi connectivity index (χ4v) is 3.95. The molecule has 0 saturated heterocycles. The second-order valence-corrected chi connectivity index (χ2v) is 7.97. The molecule has 2 aromatic rings. The number of aromatic nitrogens is 2. The van der Waals surface area contributed by atoms with Gasteiger partial charge in [-0.25, -0.2) is 4.98 Å². The number of fused-ring (bicyclic) bond motifs is 1. The molecule has 1 aliphatic rings. The lowest BCUT2D eigenvalue weighted by atomic mass is 10.1. The lowest BCUT2D eigenvalue weighted by Crippen LogP contribution is -2.35. The van der Waals surface area contributed by atoms with Crippen molar-refractivity contribution in [3.8, 4) is 11.5 Å². The van der Waals surface area contributed by atoms with Gasteiger partial charge in [0.15, 0.2) is 5.16 Å². The van der Waals surface area contributed by atoms with Crippen LogP contribution < -0.4 is 14.8 Å². The molecule has 1 aromatic heterocycles. The molecular weight excluding hydrogens is 376 g/mol. The fraction of sp³-hybridized carbons (Fsp3) is 0.500. The van der Waals surface area contributed by atoms with E-state index < -0.39 is 0 Å². The van der Waals surface area contributed by atoms with Gasteiger partial charge in [0.2, 0.25) is 5.91 Å². The van der Waals surface area contributed by atoms with E-state index >= 15 is 0 Å². The summed E-state index contributed by atoms with van der Waals surface area (Å²) in [7, 11) is 3.62. The van der Waals surface area contributed by atoms with Gasteiger partial charge < -0.3 is 19.4 Å². The van der Waals surface area contributed by atoms with Crippen LogP contribution in [0.5, 0.6) is 11.5 Å². The number of benzene rings is 1. The number of rotatable bonds is 8. The predicted octanol–water partition coefficient (Wildman–Crippen LogP) is 2.31. The van der Waals surface area contributed by atoms with E-state index in [2.05, 4.69) is 22.1 Å². The lowest BCUT2D eigenvalue weighted by molar-refractivity contribution is -0.121. The largest absolute Gasteiger partial charge is 0.497 e. The molecular formula is C20H28N4O3S. The summed E-state index contributed by atoms with van der Waals surface area (Å²) >= 11 is 1.64. The highest BCUT2D eigenvalue weighted by molar-refractivity contribution is 7.99. The molecule has 1 N–H and O–H groups in total. The van der Waals surface area contributed by atoms with Crippen molar-refractivity contribution in [3.63, 3.8) is 0 Å². The summed E-state index contributed by atoms with van der Waals surface area (Å²) in [5.74, 6) is 2.54. The third kappa shape index (κ3) is 5.65. The maximum absolute atomic E-state index is 12.2. The quantitative estimate of drug-likeness (QED) is 0.538. The summed E-state index contributed by atoms with van der Waals surface area (Å²) in [5.41, 5.74) is 1.12. The molecule has 0 aliphatic carbocycles. The first kappa shape index (κ1) is 20.5. The average Bonchev–Trinajstić information content (AvgIpc) is 3.01. The molecule has 28 heavy (non-hydrogen) atoms. The summed E-state index contributed by atoms with van der Waals surface area (Å²) in [4.78, 5) is 18.7. The molecule has 1 amide bonds. The standard InChI is InChI=1S/C20H28N4O3S/c1-15-13-24(14-16-4-5-17(26-3)12-18(16)27-15)9-6-19(25)21-8-11-28-20-22-7-10-23(20)2/h4-5,7,10,12,15H,6,8-9,11,13-14H2,1-3H3,(H,21,25). The Bertz CT molecular complexity index is 796. The molecule has 0 radical (unpaired) electrons.